The fraction of sp³-hybridized carbons (Fsp3) is 0.261. The Hall–Kier alpha value is -3.26. The number of fused-ring (bicyclic) bond motifs is 1. The Morgan fingerprint density at radius 3 is 2.79 bits per heavy atom. The van der Waals surface area contributed by atoms with Crippen LogP contribution in [-0.2, 0) is 24.1 Å². The number of aryl methyl sites for hydroxylation is 2. The maximum Gasteiger partial charge on any atom is 0.226 e. The summed E-state index contributed by atoms with van der Waals surface area (Å²) in [7, 11) is 0. The van der Waals surface area contributed by atoms with Crippen molar-refractivity contribution < 1.29 is 13.6 Å². The minimum atomic E-state index is -0.398. The number of carbonyl (C=O) groups excluding carboxylic acids is 1. The smallest absolute Gasteiger partial charge is 0.226 e. The van der Waals surface area contributed by atoms with Gasteiger partial charge in [0.05, 0.1) is 24.5 Å². The van der Waals surface area contributed by atoms with Crippen LogP contribution in [0.25, 0.3) is 22.8 Å². The number of nitriles is 1. The van der Waals surface area contributed by atoms with Gasteiger partial charge in [0, 0.05) is 24.0 Å². The van der Waals surface area contributed by atoms with Gasteiger partial charge in [-0.2, -0.15) is 5.26 Å². The lowest BCUT2D eigenvalue weighted by atomic mass is 9.89. The summed E-state index contributed by atoms with van der Waals surface area (Å²) in [5.74, 6) is 1.37. The fourth-order valence-electron chi connectivity index (χ4n) is 3.59. The van der Waals surface area contributed by atoms with Crippen molar-refractivity contribution in [3.8, 4) is 28.8 Å². The zero-order valence-corrected chi connectivity index (χ0v) is 15.4. The van der Waals surface area contributed by atoms with E-state index in [2.05, 4.69) is 17.1 Å². The van der Waals surface area contributed by atoms with Crippen LogP contribution in [0.5, 0.6) is 0 Å². The molecule has 4 rings (SSSR count). The van der Waals surface area contributed by atoms with E-state index in [0.717, 1.165) is 28.7 Å². The molecule has 140 valence electrons. The molecule has 0 unspecified atom stereocenters. The maximum absolute atomic E-state index is 12.4. The molecule has 28 heavy (non-hydrogen) atoms. The van der Waals surface area contributed by atoms with E-state index in [0.29, 0.717) is 42.9 Å². The van der Waals surface area contributed by atoms with Crippen molar-refractivity contribution >= 4 is 5.78 Å². The second-order valence-electron chi connectivity index (χ2n) is 7.00. The Labute approximate surface area is 162 Å². The monoisotopic (exact) mass is 374 g/mol. The molecule has 0 saturated heterocycles. The Morgan fingerprint density at radius 2 is 1.96 bits per heavy atom. The van der Waals surface area contributed by atoms with Gasteiger partial charge in [0.1, 0.15) is 5.78 Å². The number of benzene rings is 2. The molecular weight excluding hydrogens is 355 g/mol. The second kappa shape index (κ2) is 7.77. The van der Waals surface area contributed by atoms with Gasteiger partial charge in [0.25, 0.3) is 0 Å². The van der Waals surface area contributed by atoms with E-state index < -0.39 is 6.67 Å². The molecule has 0 N–H and O–H groups in total. The first-order chi connectivity index (χ1) is 13.7. The van der Waals surface area contributed by atoms with Crippen molar-refractivity contribution in [3.63, 3.8) is 0 Å². The number of hydrogen-bond donors (Lipinski definition) is 0. The van der Waals surface area contributed by atoms with Crippen molar-refractivity contribution in [1.82, 2.24) is 4.98 Å². The predicted molar refractivity (Wildman–Crippen MR) is 103 cm³/mol. The zero-order chi connectivity index (χ0) is 19.5. The van der Waals surface area contributed by atoms with Crippen molar-refractivity contribution in [3.05, 3.63) is 64.8 Å². The maximum atomic E-state index is 12.4. The van der Waals surface area contributed by atoms with E-state index >= 15 is 0 Å². The van der Waals surface area contributed by atoms with E-state index in [-0.39, 0.29) is 5.78 Å². The van der Waals surface area contributed by atoms with Crippen LogP contribution in [0.3, 0.4) is 0 Å². The van der Waals surface area contributed by atoms with Crippen molar-refractivity contribution in [2.45, 2.75) is 32.1 Å². The molecule has 0 atom stereocenters. The number of aromatic nitrogens is 1. The molecule has 1 aliphatic rings. The molecular formula is C23H19FN2O2. The van der Waals surface area contributed by atoms with Gasteiger partial charge in [-0.25, -0.2) is 4.98 Å². The molecule has 2 aromatic carbocycles. The topological polar surface area (TPSA) is 66.9 Å². The first-order valence-electron chi connectivity index (χ1n) is 9.37. The Kier molecular flexibility index (Phi) is 5.03. The number of Topliss-reactive ketones (excluding diaryl/α,β-unsaturated/α-hetero) is 1. The predicted octanol–water partition coefficient (Wildman–Crippen LogP) is 4.84. The third-order valence-corrected chi connectivity index (χ3v) is 5.11. The lowest BCUT2D eigenvalue weighted by molar-refractivity contribution is -0.118. The normalized spacial score (nSPS) is 13.2. The van der Waals surface area contributed by atoms with Crippen LogP contribution >= 0.6 is 0 Å². The average Bonchev–Trinajstić information content (AvgIpc) is 3.22. The van der Waals surface area contributed by atoms with Gasteiger partial charge in [0.2, 0.25) is 5.89 Å². The van der Waals surface area contributed by atoms with Crippen LogP contribution in [0.2, 0.25) is 0 Å². The quantitative estimate of drug-likeness (QED) is 0.641. The van der Waals surface area contributed by atoms with Crippen LogP contribution in [0.15, 0.2) is 47.0 Å². The Morgan fingerprint density at radius 1 is 1.11 bits per heavy atom. The molecule has 0 spiro atoms. The van der Waals surface area contributed by atoms with E-state index in [1.54, 1.807) is 12.3 Å². The molecule has 1 heterocycles. The third-order valence-electron chi connectivity index (χ3n) is 5.11. The minimum absolute atomic E-state index is 0.283. The van der Waals surface area contributed by atoms with Gasteiger partial charge in [-0.15, -0.1) is 0 Å². The van der Waals surface area contributed by atoms with Gasteiger partial charge in [-0.05, 0) is 54.2 Å². The number of alkyl halides is 1. The van der Waals surface area contributed by atoms with Gasteiger partial charge >= 0.3 is 0 Å². The van der Waals surface area contributed by atoms with Crippen LogP contribution in [0.1, 0.15) is 35.1 Å². The standard InChI is InChI=1S/C23H19FN2O2/c24-9-1-2-15-3-6-19(11-20(15)13-25)23-26-14-22(28-23)18-5-4-17-12-21(27)8-7-16(17)10-18/h3-6,10-11,14H,1-2,7-9,12H2. The highest BCUT2D eigenvalue weighted by atomic mass is 19.1. The molecule has 1 aromatic heterocycles. The van der Waals surface area contributed by atoms with Crippen LogP contribution < -0.4 is 0 Å². The first-order valence-corrected chi connectivity index (χ1v) is 9.37. The van der Waals surface area contributed by atoms with E-state index in [9.17, 15) is 14.4 Å². The summed E-state index contributed by atoms with van der Waals surface area (Å²) in [5, 5.41) is 9.38. The molecule has 5 heteroatoms. The summed E-state index contributed by atoms with van der Waals surface area (Å²) in [5.41, 5.74) is 5.26. The summed E-state index contributed by atoms with van der Waals surface area (Å²) in [4.78, 5) is 16.0. The van der Waals surface area contributed by atoms with Gasteiger partial charge < -0.3 is 4.42 Å². The fourth-order valence-corrected chi connectivity index (χ4v) is 3.59. The highest BCUT2D eigenvalue weighted by molar-refractivity contribution is 5.83. The van der Waals surface area contributed by atoms with Gasteiger partial charge in [-0.1, -0.05) is 18.2 Å². The molecule has 0 radical (unpaired) electrons. The highest BCUT2D eigenvalue weighted by Gasteiger charge is 2.17. The largest absolute Gasteiger partial charge is 0.436 e. The first kappa shape index (κ1) is 18.1. The number of hydrogen-bond acceptors (Lipinski definition) is 4. The summed E-state index contributed by atoms with van der Waals surface area (Å²) < 4.78 is 18.4. The Balaban J connectivity index is 1.61. The third kappa shape index (κ3) is 3.59. The van der Waals surface area contributed by atoms with E-state index in [4.69, 9.17) is 4.42 Å². The van der Waals surface area contributed by atoms with Crippen LogP contribution in [-0.4, -0.2) is 17.4 Å². The molecule has 0 fully saturated rings. The highest BCUT2D eigenvalue weighted by Crippen LogP contribution is 2.30. The number of halogens is 1. The number of rotatable bonds is 5. The molecule has 0 saturated carbocycles. The summed E-state index contributed by atoms with van der Waals surface area (Å²) in [6.07, 6.45) is 4.46. The molecule has 1 aliphatic carbocycles. The summed E-state index contributed by atoms with van der Waals surface area (Å²) in [6.45, 7) is -0.398. The van der Waals surface area contributed by atoms with Crippen molar-refractivity contribution in [2.75, 3.05) is 6.67 Å². The molecule has 0 aliphatic heterocycles. The summed E-state index contributed by atoms with van der Waals surface area (Å²) in [6, 6.07) is 13.6. The average molecular weight is 374 g/mol. The molecule has 4 nitrogen and oxygen atoms in total. The molecule has 0 amide bonds. The molecule has 3 aromatic rings. The Bertz CT molecular complexity index is 1080. The number of nitrogens with zero attached hydrogens (tertiary/aromatic N) is 2. The SMILES string of the molecule is N#Cc1cc(-c2ncc(-c3ccc4c(c3)CCC(=O)C4)o2)ccc1CCCF. The van der Waals surface area contributed by atoms with Gasteiger partial charge in [0.15, 0.2) is 5.76 Å². The lowest BCUT2D eigenvalue weighted by Gasteiger charge is -2.15. The zero-order valence-electron chi connectivity index (χ0n) is 15.4. The van der Waals surface area contributed by atoms with Gasteiger partial charge in [-0.3, -0.25) is 9.18 Å². The molecule has 0 bridgehead atoms. The van der Waals surface area contributed by atoms with Crippen molar-refractivity contribution in [2.24, 2.45) is 0 Å². The van der Waals surface area contributed by atoms with E-state index in [1.807, 2.05) is 24.3 Å². The summed E-state index contributed by atoms with van der Waals surface area (Å²) >= 11 is 0. The van der Waals surface area contributed by atoms with Crippen LogP contribution in [0.4, 0.5) is 4.39 Å². The lowest BCUT2D eigenvalue weighted by Crippen LogP contribution is -2.12. The van der Waals surface area contributed by atoms with E-state index in [1.165, 1.54) is 5.56 Å². The minimum Gasteiger partial charge on any atom is -0.436 e. The van der Waals surface area contributed by atoms with Crippen LogP contribution in [0, 0.1) is 11.3 Å². The number of ketones is 1. The van der Waals surface area contributed by atoms with Crippen molar-refractivity contribution in [1.29, 1.82) is 5.26 Å². The number of oxazole rings is 1. The second-order valence-corrected chi connectivity index (χ2v) is 7.00. The number of carbonyl (C=O) groups is 1.